The van der Waals surface area contributed by atoms with Crippen molar-refractivity contribution in [3.05, 3.63) is 29.3 Å². The number of aliphatic carboxylic acids is 1. The van der Waals surface area contributed by atoms with Crippen LogP contribution >= 0.6 is 0 Å². The maximum absolute atomic E-state index is 14.1. The Morgan fingerprint density at radius 3 is 2.44 bits per heavy atom. The number of hydrogen-bond acceptors (Lipinski definition) is 3. The molecular formula is C16H17F5O4. The van der Waals surface area contributed by atoms with Crippen molar-refractivity contribution in [2.24, 2.45) is 5.92 Å². The summed E-state index contributed by atoms with van der Waals surface area (Å²) in [6.45, 7) is 3.31. The van der Waals surface area contributed by atoms with Crippen LogP contribution in [0.5, 0.6) is 5.75 Å². The normalized spacial score (nSPS) is 29.7. The SMILES string of the molecule is CCOc1c([C@H]2[C@H](C(=O)O)O[C@@](C)(C(F)(F)F)[C@H]2C)ccc(F)c1F. The first-order valence-electron chi connectivity index (χ1n) is 7.53. The molecular weight excluding hydrogens is 351 g/mol. The van der Waals surface area contributed by atoms with Gasteiger partial charge in [0.25, 0.3) is 0 Å². The van der Waals surface area contributed by atoms with Crippen molar-refractivity contribution in [3.8, 4) is 5.75 Å². The first kappa shape index (κ1) is 19.4. The average molecular weight is 368 g/mol. The molecule has 1 aromatic rings. The summed E-state index contributed by atoms with van der Waals surface area (Å²) in [6, 6.07) is 1.76. The second-order valence-electron chi connectivity index (χ2n) is 6.01. The fraction of sp³-hybridized carbons (Fsp3) is 0.562. The minimum atomic E-state index is -4.85. The highest BCUT2D eigenvalue weighted by Crippen LogP contribution is 2.54. The van der Waals surface area contributed by atoms with Gasteiger partial charge in [0.05, 0.1) is 6.61 Å². The summed E-state index contributed by atoms with van der Waals surface area (Å²) in [4.78, 5) is 11.5. The van der Waals surface area contributed by atoms with E-state index in [-0.39, 0.29) is 12.2 Å². The van der Waals surface area contributed by atoms with E-state index in [0.29, 0.717) is 0 Å². The van der Waals surface area contributed by atoms with E-state index in [4.69, 9.17) is 9.47 Å². The van der Waals surface area contributed by atoms with Gasteiger partial charge in [-0.1, -0.05) is 13.0 Å². The third-order valence-corrected chi connectivity index (χ3v) is 4.64. The Bertz CT molecular complexity index is 675. The first-order valence-corrected chi connectivity index (χ1v) is 7.53. The van der Waals surface area contributed by atoms with Crippen LogP contribution in [0, 0.1) is 17.6 Å². The Balaban J connectivity index is 2.64. The number of halogens is 5. The van der Waals surface area contributed by atoms with Crippen molar-refractivity contribution in [3.63, 3.8) is 0 Å². The molecule has 2 rings (SSSR count). The van der Waals surface area contributed by atoms with E-state index in [9.17, 15) is 31.9 Å². The zero-order valence-electron chi connectivity index (χ0n) is 13.7. The van der Waals surface area contributed by atoms with Crippen molar-refractivity contribution in [2.75, 3.05) is 6.61 Å². The zero-order chi connectivity index (χ0) is 19.2. The quantitative estimate of drug-likeness (QED) is 0.820. The van der Waals surface area contributed by atoms with E-state index >= 15 is 0 Å². The molecule has 1 saturated heterocycles. The van der Waals surface area contributed by atoms with Gasteiger partial charge in [-0.3, -0.25) is 0 Å². The lowest BCUT2D eigenvalue weighted by molar-refractivity contribution is -0.273. The van der Waals surface area contributed by atoms with Crippen molar-refractivity contribution in [2.45, 2.75) is 44.6 Å². The van der Waals surface area contributed by atoms with Crippen LogP contribution in [-0.4, -0.2) is 35.6 Å². The van der Waals surface area contributed by atoms with E-state index in [1.807, 2.05) is 0 Å². The number of carboxylic acids is 1. The minimum absolute atomic E-state index is 0.0798. The summed E-state index contributed by atoms with van der Waals surface area (Å²) in [6.07, 6.45) is -6.73. The standard InChI is InChI=1S/C16H17F5O4/c1-4-24-12-8(5-6-9(17)11(12)18)10-7(2)15(3,16(19,20)21)25-13(10)14(22)23/h5-7,10,13H,4H2,1-3H3,(H,22,23)/t7-,10-,13+,15+/m0/s1. The molecule has 0 aromatic heterocycles. The monoisotopic (exact) mass is 368 g/mol. The summed E-state index contributed by atoms with van der Waals surface area (Å²) in [5, 5.41) is 9.30. The van der Waals surface area contributed by atoms with Crippen molar-refractivity contribution in [1.82, 2.24) is 0 Å². The Morgan fingerprint density at radius 2 is 1.96 bits per heavy atom. The Labute approximate surface area is 140 Å². The Hall–Kier alpha value is -1.90. The fourth-order valence-corrected chi connectivity index (χ4v) is 3.11. The maximum atomic E-state index is 14.1. The van der Waals surface area contributed by atoms with Gasteiger partial charge >= 0.3 is 12.1 Å². The molecule has 4 nitrogen and oxygen atoms in total. The lowest BCUT2D eigenvalue weighted by atomic mass is 9.77. The van der Waals surface area contributed by atoms with Crippen molar-refractivity contribution in [1.29, 1.82) is 0 Å². The fourth-order valence-electron chi connectivity index (χ4n) is 3.11. The number of carbonyl (C=O) groups is 1. The van der Waals surface area contributed by atoms with Gasteiger partial charge in [0.2, 0.25) is 5.82 Å². The van der Waals surface area contributed by atoms with Crippen LogP contribution < -0.4 is 4.74 Å². The molecule has 0 radical (unpaired) electrons. The van der Waals surface area contributed by atoms with Crippen molar-refractivity contribution < 1.29 is 41.3 Å². The van der Waals surface area contributed by atoms with Gasteiger partial charge in [-0.05, 0) is 19.9 Å². The second kappa shape index (κ2) is 6.44. The van der Waals surface area contributed by atoms with Gasteiger partial charge in [-0.15, -0.1) is 0 Å². The smallest absolute Gasteiger partial charge is 0.417 e. The molecule has 9 heteroatoms. The van der Waals surface area contributed by atoms with Crippen LogP contribution in [0.3, 0.4) is 0 Å². The number of benzene rings is 1. The largest absolute Gasteiger partial charge is 0.490 e. The topological polar surface area (TPSA) is 55.8 Å². The molecule has 0 saturated carbocycles. The maximum Gasteiger partial charge on any atom is 0.417 e. The summed E-state index contributed by atoms with van der Waals surface area (Å²) in [7, 11) is 0. The van der Waals surface area contributed by atoms with E-state index in [1.54, 1.807) is 0 Å². The molecule has 0 bridgehead atoms. The molecule has 4 atom stereocenters. The van der Waals surface area contributed by atoms with E-state index in [2.05, 4.69) is 0 Å². The lowest BCUT2D eigenvalue weighted by Crippen LogP contribution is -2.47. The van der Waals surface area contributed by atoms with Crippen LogP contribution in [-0.2, 0) is 9.53 Å². The van der Waals surface area contributed by atoms with Crippen LogP contribution in [0.1, 0.15) is 32.3 Å². The predicted molar refractivity (Wildman–Crippen MR) is 76.4 cm³/mol. The molecule has 25 heavy (non-hydrogen) atoms. The molecule has 1 aromatic carbocycles. The average Bonchev–Trinajstić information content (AvgIpc) is 2.78. The Morgan fingerprint density at radius 1 is 1.36 bits per heavy atom. The summed E-state index contributed by atoms with van der Waals surface area (Å²) in [5.41, 5.74) is -2.93. The van der Waals surface area contributed by atoms with Gasteiger partial charge in [-0.2, -0.15) is 17.6 Å². The molecule has 1 heterocycles. The summed E-state index contributed by atoms with van der Waals surface area (Å²) < 4.78 is 77.8. The van der Waals surface area contributed by atoms with E-state index in [0.717, 1.165) is 26.0 Å². The highest BCUT2D eigenvalue weighted by Gasteiger charge is 2.66. The van der Waals surface area contributed by atoms with Crippen molar-refractivity contribution >= 4 is 5.97 Å². The molecule has 1 N–H and O–H groups in total. The van der Waals surface area contributed by atoms with Crippen LogP contribution in [0.2, 0.25) is 0 Å². The lowest BCUT2D eigenvalue weighted by Gasteiger charge is -2.32. The summed E-state index contributed by atoms with van der Waals surface area (Å²) >= 11 is 0. The molecule has 1 aliphatic rings. The highest BCUT2D eigenvalue weighted by molar-refractivity contribution is 5.75. The Kier molecular flexibility index (Phi) is 5.00. The van der Waals surface area contributed by atoms with Gasteiger partial charge in [0, 0.05) is 17.4 Å². The molecule has 0 amide bonds. The number of rotatable bonds is 4. The van der Waals surface area contributed by atoms with Gasteiger partial charge < -0.3 is 14.6 Å². The van der Waals surface area contributed by atoms with Gasteiger partial charge in [0.15, 0.2) is 23.3 Å². The number of ether oxygens (including phenoxy) is 2. The zero-order valence-corrected chi connectivity index (χ0v) is 13.7. The molecule has 140 valence electrons. The number of alkyl halides is 3. The molecule has 1 aliphatic heterocycles. The van der Waals surface area contributed by atoms with E-state index < -0.39 is 53.1 Å². The van der Waals surface area contributed by atoms with Gasteiger partial charge in [-0.25, -0.2) is 9.18 Å². The molecule has 0 aliphatic carbocycles. The third kappa shape index (κ3) is 3.05. The van der Waals surface area contributed by atoms with E-state index in [1.165, 1.54) is 6.92 Å². The molecule has 0 unspecified atom stereocenters. The van der Waals surface area contributed by atoms with Crippen LogP contribution in [0.4, 0.5) is 22.0 Å². The molecule has 0 spiro atoms. The third-order valence-electron chi connectivity index (χ3n) is 4.64. The second-order valence-corrected chi connectivity index (χ2v) is 6.01. The van der Waals surface area contributed by atoms with Gasteiger partial charge in [0.1, 0.15) is 0 Å². The highest BCUT2D eigenvalue weighted by atomic mass is 19.4. The summed E-state index contributed by atoms with van der Waals surface area (Å²) in [5.74, 6) is -7.60. The number of carboxylic acid groups (broad SMARTS) is 1. The van der Waals surface area contributed by atoms with Crippen LogP contribution in [0.15, 0.2) is 12.1 Å². The molecule has 1 fully saturated rings. The predicted octanol–water partition coefficient (Wildman–Crippen LogP) is 3.89. The first-order chi connectivity index (χ1) is 11.5. The van der Waals surface area contributed by atoms with Crippen LogP contribution in [0.25, 0.3) is 0 Å². The minimum Gasteiger partial charge on any atom is -0.490 e. The number of hydrogen-bond donors (Lipinski definition) is 1.